The first-order valence-corrected chi connectivity index (χ1v) is 17.6. The molecule has 2 aliphatic carbocycles. The molecule has 0 aliphatic heterocycles. The molecule has 0 saturated heterocycles. The van der Waals surface area contributed by atoms with Gasteiger partial charge in [0.15, 0.2) is 5.60 Å². The molecule has 1 N–H and O–H groups in total. The average Bonchev–Trinajstić information content (AvgIpc) is 3.46. The number of esters is 3. The number of hydrogen-bond acceptors (Lipinski definition) is 7. The van der Waals surface area contributed by atoms with E-state index in [-0.39, 0.29) is 6.42 Å². The van der Waals surface area contributed by atoms with Gasteiger partial charge in [-0.2, -0.15) is 39.5 Å². The first kappa shape index (κ1) is 44.9. The zero-order valence-corrected chi connectivity index (χ0v) is 30.4. The van der Waals surface area contributed by atoms with E-state index >= 15 is 0 Å². The number of alkyl halides is 9. The minimum Gasteiger partial charge on any atom is -0.462 e. The first-order valence-electron chi connectivity index (χ1n) is 17.6. The molecule has 7 nitrogen and oxygen atoms in total. The average molecular weight is 757 g/mol. The summed E-state index contributed by atoms with van der Waals surface area (Å²) in [6.45, 7) is 8.57. The molecule has 298 valence electrons. The second-order valence-corrected chi connectivity index (χ2v) is 16.0. The zero-order valence-electron chi connectivity index (χ0n) is 30.4. The highest BCUT2D eigenvalue weighted by atomic mass is 19.4. The first-order chi connectivity index (χ1) is 23.0. The number of aliphatic hydroxyl groups is 1. The Hall–Kier alpha value is -2.26. The summed E-state index contributed by atoms with van der Waals surface area (Å²) in [7, 11) is 0. The van der Waals surface area contributed by atoms with Crippen LogP contribution < -0.4 is 0 Å². The van der Waals surface area contributed by atoms with Gasteiger partial charge in [0.2, 0.25) is 0 Å². The highest BCUT2D eigenvalue weighted by molar-refractivity contribution is 5.83. The topological polar surface area (TPSA) is 99.1 Å². The Balaban J connectivity index is 2.54. The van der Waals surface area contributed by atoms with Crippen LogP contribution in [0, 0.1) is 22.2 Å². The van der Waals surface area contributed by atoms with E-state index in [0.29, 0.717) is 51.9 Å². The second-order valence-electron chi connectivity index (χ2n) is 16.0. The third-order valence-corrected chi connectivity index (χ3v) is 10.9. The fourth-order valence-electron chi connectivity index (χ4n) is 7.51. The lowest BCUT2D eigenvalue weighted by atomic mass is 9.65. The number of halogens is 9. The van der Waals surface area contributed by atoms with Crippen LogP contribution in [0.1, 0.15) is 138 Å². The zero-order chi connectivity index (χ0) is 39.5. The second kappa shape index (κ2) is 16.0. The van der Waals surface area contributed by atoms with E-state index in [4.69, 9.17) is 9.47 Å². The maximum absolute atomic E-state index is 14.2. The fourth-order valence-corrected chi connectivity index (χ4v) is 7.51. The molecule has 2 aliphatic rings. The molecule has 16 heteroatoms. The van der Waals surface area contributed by atoms with Gasteiger partial charge in [0.1, 0.15) is 11.7 Å². The summed E-state index contributed by atoms with van der Waals surface area (Å²) in [4.78, 5) is 41.3. The highest BCUT2D eigenvalue weighted by Crippen LogP contribution is 2.49. The van der Waals surface area contributed by atoms with Gasteiger partial charge in [-0.05, 0) is 105 Å². The number of hydrogen-bond donors (Lipinski definition) is 1. The fraction of sp³-hybridized carbons (Fsp3) is 0.914. The summed E-state index contributed by atoms with van der Waals surface area (Å²) in [6.07, 6.45) is -19.3. The maximum Gasteiger partial charge on any atom is 0.434 e. The van der Waals surface area contributed by atoms with Gasteiger partial charge in [-0.1, -0.05) is 33.1 Å². The summed E-state index contributed by atoms with van der Waals surface area (Å²) >= 11 is 0. The lowest BCUT2D eigenvalue weighted by Crippen LogP contribution is -2.50. The SMILES string of the molecule is CCC1(OC(=O)C(C)(CC(C)(C)C(=O)OC(C(F)(F)F)C(F)(F)F)CC(C)(CC)C(=O)OC(CC(C)(O)C(F)(F)F)C2CCCCC2)CCCC1. The summed E-state index contributed by atoms with van der Waals surface area (Å²) < 4.78 is 137. The molecule has 0 heterocycles. The minimum atomic E-state index is -5.99. The van der Waals surface area contributed by atoms with Crippen molar-refractivity contribution in [1.29, 1.82) is 0 Å². The van der Waals surface area contributed by atoms with Crippen LogP contribution in [0.3, 0.4) is 0 Å². The van der Waals surface area contributed by atoms with Crippen molar-refractivity contribution in [2.75, 3.05) is 0 Å². The summed E-state index contributed by atoms with van der Waals surface area (Å²) in [5.74, 6) is -4.38. The molecule has 0 amide bonds. The number of carbonyl (C=O) groups is 3. The quantitative estimate of drug-likeness (QED) is 0.101. The number of rotatable bonds is 15. The lowest BCUT2D eigenvalue weighted by Gasteiger charge is -2.43. The van der Waals surface area contributed by atoms with Crippen molar-refractivity contribution in [3.63, 3.8) is 0 Å². The van der Waals surface area contributed by atoms with Gasteiger partial charge in [-0.25, -0.2) is 0 Å². The largest absolute Gasteiger partial charge is 0.462 e. The lowest BCUT2D eigenvalue weighted by molar-refractivity contribution is -0.315. The van der Waals surface area contributed by atoms with Crippen molar-refractivity contribution in [3.05, 3.63) is 0 Å². The van der Waals surface area contributed by atoms with E-state index in [1.807, 2.05) is 0 Å². The maximum atomic E-state index is 14.2. The van der Waals surface area contributed by atoms with E-state index in [0.717, 1.165) is 33.1 Å². The highest BCUT2D eigenvalue weighted by Gasteiger charge is 2.61. The third-order valence-electron chi connectivity index (χ3n) is 10.9. The van der Waals surface area contributed by atoms with Gasteiger partial charge in [-0.15, -0.1) is 0 Å². The van der Waals surface area contributed by atoms with Gasteiger partial charge in [0.05, 0.1) is 16.2 Å². The molecule has 4 atom stereocenters. The van der Waals surface area contributed by atoms with Crippen molar-refractivity contribution in [2.24, 2.45) is 22.2 Å². The van der Waals surface area contributed by atoms with Crippen molar-refractivity contribution < 1.29 is 73.2 Å². The van der Waals surface area contributed by atoms with Gasteiger partial charge < -0.3 is 19.3 Å². The van der Waals surface area contributed by atoms with E-state index in [1.165, 1.54) is 20.8 Å². The molecule has 0 aromatic carbocycles. The molecule has 0 aromatic heterocycles. The summed E-state index contributed by atoms with van der Waals surface area (Å²) in [5, 5.41) is 10.3. The number of ether oxygens (including phenoxy) is 3. The minimum absolute atomic E-state index is 0.0736. The predicted molar refractivity (Wildman–Crippen MR) is 167 cm³/mol. The molecule has 0 bridgehead atoms. The van der Waals surface area contributed by atoms with Gasteiger partial charge in [0, 0.05) is 6.42 Å². The van der Waals surface area contributed by atoms with E-state index in [2.05, 4.69) is 4.74 Å². The molecule has 0 aromatic rings. The van der Waals surface area contributed by atoms with E-state index < -0.39 is 101 Å². The Morgan fingerprint density at radius 2 is 1.22 bits per heavy atom. The Labute approximate surface area is 293 Å². The van der Waals surface area contributed by atoms with E-state index in [1.54, 1.807) is 6.92 Å². The summed E-state index contributed by atoms with van der Waals surface area (Å²) in [6, 6.07) is 0. The van der Waals surface area contributed by atoms with Crippen LogP contribution in [-0.4, -0.2) is 65.0 Å². The van der Waals surface area contributed by atoms with Crippen molar-refractivity contribution >= 4 is 17.9 Å². The van der Waals surface area contributed by atoms with Crippen LogP contribution in [0.5, 0.6) is 0 Å². The predicted octanol–water partition coefficient (Wildman–Crippen LogP) is 9.71. The Bertz CT molecular complexity index is 1190. The molecule has 0 radical (unpaired) electrons. The number of carbonyl (C=O) groups excluding carboxylic acids is 3. The molecule has 4 unspecified atom stereocenters. The van der Waals surface area contributed by atoms with Crippen molar-refractivity contribution in [1.82, 2.24) is 0 Å². The van der Waals surface area contributed by atoms with Crippen LogP contribution >= 0.6 is 0 Å². The monoisotopic (exact) mass is 756 g/mol. The van der Waals surface area contributed by atoms with Crippen LogP contribution in [0.2, 0.25) is 0 Å². The summed E-state index contributed by atoms with van der Waals surface area (Å²) in [5.41, 5.74) is -9.92. The Morgan fingerprint density at radius 3 is 1.65 bits per heavy atom. The Morgan fingerprint density at radius 1 is 0.706 bits per heavy atom. The van der Waals surface area contributed by atoms with Crippen molar-refractivity contribution in [2.45, 2.75) is 180 Å². The van der Waals surface area contributed by atoms with Crippen molar-refractivity contribution in [3.8, 4) is 0 Å². The van der Waals surface area contributed by atoms with Gasteiger partial charge >= 0.3 is 36.4 Å². The van der Waals surface area contributed by atoms with E-state index in [9.17, 15) is 59.0 Å². The standard InChI is InChI=1S/C35H53F9O7/c1-8-29(5,26(46)49-23(22-15-11-10-12-16-22)19-31(7,48)35(42,43)44)21-30(6,27(47)51-32(9-2)17-13-14-18-32)20-28(3,4)25(45)50-24(33(36,37)38)34(39,40)41/h22-24,48H,8-21H2,1-7H3. The Kier molecular flexibility index (Phi) is 14.1. The molecule has 2 saturated carbocycles. The van der Waals surface area contributed by atoms with Gasteiger partial charge in [-0.3, -0.25) is 14.4 Å². The smallest absolute Gasteiger partial charge is 0.434 e. The normalized spacial score (nSPS) is 22.0. The molecular weight excluding hydrogens is 703 g/mol. The molecule has 2 fully saturated rings. The van der Waals surface area contributed by atoms with Crippen LogP contribution in [-0.2, 0) is 28.6 Å². The third kappa shape index (κ3) is 11.4. The van der Waals surface area contributed by atoms with Crippen LogP contribution in [0.25, 0.3) is 0 Å². The van der Waals surface area contributed by atoms with Gasteiger partial charge in [0.25, 0.3) is 6.10 Å². The molecule has 51 heavy (non-hydrogen) atoms. The molecule has 2 rings (SSSR count). The van der Waals surface area contributed by atoms with Crippen LogP contribution in [0.4, 0.5) is 39.5 Å². The molecular formula is C35H53F9O7. The molecule has 0 spiro atoms. The van der Waals surface area contributed by atoms with Crippen LogP contribution in [0.15, 0.2) is 0 Å².